The van der Waals surface area contributed by atoms with Crippen molar-refractivity contribution in [3.8, 4) is 0 Å². The van der Waals surface area contributed by atoms with Crippen LogP contribution in [0.2, 0.25) is 0 Å². The van der Waals surface area contributed by atoms with Gasteiger partial charge in [-0.05, 0) is 35.5 Å². The average molecular weight is 160 g/mol. The highest BCUT2D eigenvalue weighted by Crippen LogP contribution is 2.58. The van der Waals surface area contributed by atoms with Crippen LogP contribution < -0.4 is 0 Å². The zero-order valence-corrected chi connectivity index (χ0v) is 7.83. The topological polar surface area (TPSA) is 0 Å². The maximum Gasteiger partial charge on any atom is -0.0128 e. The number of hydrogen-bond acceptors (Lipinski definition) is 0. The minimum Gasteiger partial charge on any atom is -0.0848 e. The fourth-order valence-electron chi connectivity index (χ4n) is 3.64. The Morgan fingerprint density at radius 2 is 1.83 bits per heavy atom. The number of hydrogen-bond donors (Lipinski definition) is 0. The molecule has 0 amide bonds. The Morgan fingerprint density at radius 1 is 1.08 bits per heavy atom. The lowest BCUT2D eigenvalue weighted by Crippen LogP contribution is -2.26. The fraction of sp³-hybridized carbons (Fsp3) is 0.667. The first-order chi connectivity index (χ1) is 5.68. The van der Waals surface area contributed by atoms with E-state index in [0.29, 0.717) is 5.41 Å². The summed E-state index contributed by atoms with van der Waals surface area (Å²) in [6, 6.07) is 0. The highest BCUT2D eigenvalue weighted by molar-refractivity contribution is 5.26. The van der Waals surface area contributed by atoms with Crippen LogP contribution in [0, 0.1) is 29.1 Å². The maximum absolute atomic E-state index is 2.47. The minimum absolute atomic E-state index is 0.467. The van der Waals surface area contributed by atoms with Gasteiger partial charge in [-0.2, -0.15) is 0 Å². The molecule has 3 rings (SSSR count). The van der Waals surface area contributed by atoms with Crippen molar-refractivity contribution >= 4 is 0 Å². The predicted molar refractivity (Wildman–Crippen MR) is 50.6 cm³/mol. The molecule has 64 valence electrons. The molecule has 0 aromatic carbocycles. The van der Waals surface area contributed by atoms with Gasteiger partial charge in [0.1, 0.15) is 0 Å². The van der Waals surface area contributed by atoms with Gasteiger partial charge in [-0.1, -0.05) is 38.2 Å². The Balaban J connectivity index is 2.04. The highest BCUT2D eigenvalue weighted by Gasteiger charge is 2.51. The lowest BCUT2D eigenvalue weighted by Gasteiger charge is -2.32. The van der Waals surface area contributed by atoms with Crippen molar-refractivity contribution in [1.82, 2.24) is 0 Å². The molecule has 0 N–H and O–H groups in total. The van der Waals surface area contributed by atoms with E-state index < -0.39 is 0 Å². The van der Waals surface area contributed by atoms with Gasteiger partial charge in [0.15, 0.2) is 0 Å². The fourth-order valence-corrected chi connectivity index (χ4v) is 3.64. The molecule has 0 radical (unpaired) electrons. The van der Waals surface area contributed by atoms with Gasteiger partial charge >= 0.3 is 0 Å². The van der Waals surface area contributed by atoms with Crippen LogP contribution >= 0.6 is 0 Å². The molecule has 12 heavy (non-hydrogen) atoms. The first-order valence-electron chi connectivity index (χ1n) is 5.06. The predicted octanol–water partition coefficient (Wildman–Crippen LogP) is 3.02. The quantitative estimate of drug-likeness (QED) is 0.478. The van der Waals surface area contributed by atoms with Crippen LogP contribution in [0.15, 0.2) is 24.3 Å². The molecular formula is C12H16. The molecule has 3 aliphatic rings. The van der Waals surface area contributed by atoms with E-state index in [-0.39, 0.29) is 0 Å². The van der Waals surface area contributed by atoms with Crippen molar-refractivity contribution in [1.29, 1.82) is 0 Å². The average Bonchev–Trinajstić information content (AvgIpc) is 2.61. The second kappa shape index (κ2) is 1.86. The summed E-state index contributed by atoms with van der Waals surface area (Å²) in [5.74, 6) is 3.59. The molecule has 2 bridgehead atoms. The summed E-state index contributed by atoms with van der Waals surface area (Å²) in [7, 11) is 0. The van der Waals surface area contributed by atoms with E-state index in [1.807, 2.05) is 0 Å². The van der Waals surface area contributed by atoms with Crippen LogP contribution in [-0.2, 0) is 0 Å². The van der Waals surface area contributed by atoms with Crippen LogP contribution in [0.3, 0.4) is 0 Å². The van der Waals surface area contributed by atoms with Crippen LogP contribution in [0.5, 0.6) is 0 Å². The third-order valence-corrected chi connectivity index (χ3v) is 4.13. The molecule has 0 aromatic heterocycles. The Hall–Kier alpha value is -0.520. The molecule has 1 fully saturated rings. The van der Waals surface area contributed by atoms with Gasteiger partial charge in [0.05, 0.1) is 0 Å². The normalized spacial score (nSPS) is 51.8. The third kappa shape index (κ3) is 0.646. The molecule has 0 nitrogen and oxygen atoms in total. The number of fused-ring (bicyclic) bond motifs is 5. The molecule has 0 saturated heterocycles. The summed E-state index contributed by atoms with van der Waals surface area (Å²) < 4.78 is 0. The van der Waals surface area contributed by atoms with Crippen molar-refractivity contribution in [3.63, 3.8) is 0 Å². The zero-order chi connectivity index (χ0) is 8.34. The molecule has 4 atom stereocenters. The molecule has 0 aliphatic heterocycles. The Morgan fingerprint density at radius 3 is 2.58 bits per heavy atom. The van der Waals surface area contributed by atoms with E-state index in [1.165, 1.54) is 6.42 Å². The van der Waals surface area contributed by atoms with Crippen LogP contribution in [0.25, 0.3) is 0 Å². The van der Waals surface area contributed by atoms with Crippen molar-refractivity contribution < 1.29 is 0 Å². The highest BCUT2D eigenvalue weighted by atomic mass is 14.6. The van der Waals surface area contributed by atoms with Gasteiger partial charge < -0.3 is 0 Å². The van der Waals surface area contributed by atoms with E-state index in [2.05, 4.69) is 38.2 Å². The van der Waals surface area contributed by atoms with Gasteiger partial charge in [-0.3, -0.25) is 0 Å². The van der Waals surface area contributed by atoms with Gasteiger partial charge in [-0.25, -0.2) is 0 Å². The molecule has 0 heterocycles. The van der Waals surface area contributed by atoms with Gasteiger partial charge in [0.25, 0.3) is 0 Å². The molecule has 0 spiro atoms. The summed E-state index contributed by atoms with van der Waals surface area (Å²) in [4.78, 5) is 0. The molecule has 1 saturated carbocycles. The molecule has 0 aromatic rings. The summed E-state index contributed by atoms with van der Waals surface area (Å²) in [6.07, 6.45) is 11.2. The molecule has 0 heteroatoms. The van der Waals surface area contributed by atoms with E-state index in [4.69, 9.17) is 0 Å². The minimum atomic E-state index is 0.467. The van der Waals surface area contributed by atoms with Gasteiger partial charge in [0.2, 0.25) is 0 Å². The summed E-state index contributed by atoms with van der Waals surface area (Å²) >= 11 is 0. The second-order valence-corrected chi connectivity index (χ2v) is 5.23. The Bertz CT molecular complexity index is 270. The molecule has 3 aliphatic carbocycles. The summed E-state index contributed by atoms with van der Waals surface area (Å²) in [6.45, 7) is 4.78. The van der Waals surface area contributed by atoms with E-state index in [0.717, 1.165) is 23.7 Å². The van der Waals surface area contributed by atoms with Crippen LogP contribution in [-0.4, -0.2) is 0 Å². The second-order valence-electron chi connectivity index (χ2n) is 5.23. The largest absolute Gasteiger partial charge is 0.0848 e. The summed E-state index contributed by atoms with van der Waals surface area (Å²) in [5.41, 5.74) is 0.467. The first kappa shape index (κ1) is 6.94. The maximum atomic E-state index is 2.47. The van der Waals surface area contributed by atoms with Crippen LogP contribution in [0.1, 0.15) is 20.3 Å². The number of allylic oxidation sites excluding steroid dienone is 4. The zero-order valence-electron chi connectivity index (χ0n) is 7.83. The van der Waals surface area contributed by atoms with E-state index in [1.54, 1.807) is 0 Å². The van der Waals surface area contributed by atoms with Gasteiger partial charge in [0, 0.05) is 0 Å². The lowest BCUT2D eigenvalue weighted by molar-refractivity contribution is 0.226. The van der Waals surface area contributed by atoms with E-state index >= 15 is 0 Å². The Labute approximate surface area is 74.4 Å². The monoisotopic (exact) mass is 160 g/mol. The van der Waals surface area contributed by atoms with Crippen molar-refractivity contribution in [3.05, 3.63) is 24.3 Å². The van der Waals surface area contributed by atoms with Crippen molar-refractivity contribution in [2.45, 2.75) is 20.3 Å². The van der Waals surface area contributed by atoms with E-state index in [9.17, 15) is 0 Å². The SMILES string of the molecule is CC1(C)C=C[C@@H]2[C@H]1[C@H]1C=C[C@H]2C1. The molecular weight excluding hydrogens is 144 g/mol. The standard InChI is InChI=1S/C12H16/c1-12(2)6-5-10-8-3-4-9(7-8)11(10)12/h3-6,8-11H,7H2,1-2H3/t8-,9-,10-,11+/m0/s1. The first-order valence-corrected chi connectivity index (χ1v) is 5.06. The smallest absolute Gasteiger partial charge is 0.0128 e. The Kier molecular flexibility index (Phi) is 1.08. The lowest BCUT2D eigenvalue weighted by atomic mass is 9.72. The number of rotatable bonds is 0. The van der Waals surface area contributed by atoms with Crippen LogP contribution in [0.4, 0.5) is 0 Å². The van der Waals surface area contributed by atoms with Gasteiger partial charge in [-0.15, -0.1) is 0 Å². The van der Waals surface area contributed by atoms with Crippen molar-refractivity contribution in [2.24, 2.45) is 29.1 Å². The molecule has 0 unspecified atom stereocenters. The summed E-state index contributed by atoms with van der Waals surface area (Å²) in [5, 5.41) is 0. The third-order valence-electron chi connectivity index (χ3n) is 4.13. The van der Waals surface area contributed by atoms with Crippen molar-refractivity contribution in [2.75, 3.05) is 0 Å².